The fraction of sp³-hybridized carbons (Fsp3) is 0.250. The van der Waals surface area contributed by atoms with Gasteiger partial charge in [-0.1, -0.05) is 12.1 Å². The smallest absolute Gasteiger partial charge is 0.261 e. The van der Waals surface area contributed by atoms with E-state index in [-0.39, 0.29) is 11.8 Å². The van der Waals surface area contributed by atoms with Gasteiger partial charge in [0.25, 0.3) is 5.91 Å². The zero-order valence-electron chi connectivity index (χ0n) is 18.0. The molecule has 2 N–H and O–H groups in total. The Hall–Kier alpha value is -3.36. The molecule has 8 heteroatoms. The standard InChI is InChI=1S/C24H25N3O4S/c1-27(2)15-23(28)26-18-5-3-4-16(12-18)14-25-24(29)22-9-8-21(32-22)17-6-7-19-20(13-17)31-11-10-30-19/h3-9,12-13H,10-11,14-15H2,1-2H3,(H,25,29)(H,26,28). The Labute approximate surface area is 191 Å². The molecule has 0 unspecified atom stereocenters. The predicted octanol–water partition coefficient (Wildman–Crippen LogP) is 3.62. The van der Waals surface area contributed by atoms with Crippen LogP contribution in [0.2, 0.25) is 0 Å². The number of carbonyl (C=O) groups is 2. The van der Waals surface area contributed by atoms with Crippen LogP contribution in [0, 0.1) is 0 Å². The number of nitrogens with one attached hydrogen (secondary N) is 2. The third-order valence-corrected chi connectivity index (χ3v) is 5.91. The van der Waals surface area contributed by atoms with E-state index in [4.69, 9.17) is 9.47 Å². The lowest BCUT2D eigenvalue weighted by Crippen LogP contribution is -2.27. The van der Waals surface area contributed by atoms with Crippen LogP contribution >= 0.6 is 11.3 Å². The minimum atomic E-state index is -0.138. The van der Waals surface area contributed by atoms with Gasteiger partial charge in [-0.25, -0.2) is 0 Å². The van der Waals surface area contributed by atoms with Crippen molar-refractivity contribution in [1.82, 2.24) is 10.2 Å². The number of benzene rings is 2. The molecule has 0 saturated carbocycles. The fourth-order valence-electron chi connectivity index (χ4n) is 3.33. The Morgan fingerprint density at radius 2 is 1.81 bits per heavy atom. The van der Waals surface area contributed by atoms with Crippen LogP contribution in [0.4, 0.5) is 5.69 Å². The van der Waals surface area contributed by atoms with Gasteiger partial charge in [0.05, 0.1) is 11.4 Å². The van der Waals surface area contributed by atoms with Crippen molar-refractivity contribution in [3.63, 3.8) is 0 Å². The fourth-order valence-corrected chi connectivity index (χ4v) is 4.25. The summed E-state index contributed by atoms with van der Waals surface area (Å²) in [6.07, 6.45) is 0. The van der Waals surface area contributed by atoms with Gasteiger partial charge in [-0.05, 0) is 67.7 Å². The average molecular weight is 452 g/mol. The summed E-state index contributed by atoms with van der Waals surface area (Å²) in [5.41, 5.74) is 2.60. The maximum absolute atomic E-state index is 12.7. The van der Waals surface area contributed by atoms with Crippen molar-refractivity contribution in [2.45, 2.75) is 6.54 Å². The molecule has 1 aliphatic heterocycles. The molecule has 7 nitrogen and oxygen atoms in total. The number of carbonyl (C=O) groups excluding carboxylic acids is 2. The van der Waals surface area contributed by atoms with E-state index in [1.165, 1.54) is 11.3 Å². The van der Waals surface area contributed by atoms with Crippen molar-refractivity contribution >= 4 is 28.8 Å². The molecule has 0 aliphatic carbocycles. The third-order valence-electron chi connectivity index (χ3n) is 4.78. The molecule has 0 bridgehead atoms. The van der Waals surface area contributed by atoms with Crippen molar-refractivity contribution < 1.29 is 19.1 Å². The molecule has 2 heterocycles. The topological polar surface area (TPSA) is 79.9 Å². The van der Waals surface area contributed by atoms with Gasteiger partial charge in [-0.3, -0.25) is 9.59 Å². The Morgan fingerprint density at radius 1 is 1.00 bits per heavy atom. The van der Waals surface area contributed by atoms with E-state index in [1.54, 1.807) is 4.90 Å². The highest BCUT2D eigenvalue weighted by Crippen LogP contribution is 2.36. The van der Waals surface area contributed by atoms with E-state index in [0.717, 1.165) is 27.5 Å². The molecule has 0 atom stereocenters. The quantitative estimate of drug-likeness (QED) is 0.574. The second kappa shape index (κ2) is 9.84. The molecule has 0 fully saturated rings. The SMILES string of the molecule is CN(C)CC(=O)Nc1cccc(CNC(=O)c2ccc(-c3ccc4c(c3)OCCO4)s2)c1. The maximum Gasteiger partial charge on any atom is 0.261 e. The number of nitrogens with zero attached hydrogens (tertiary/aromatic N) is 1. The second-order valence-corrected chi connectivity index (χ2v) is 8.78. The van der Waals surface area contributed by atoms with Gasteiger partial charge in [0.1, 0.15) is 13.2 Å². The number of likely N-dealkylation sites (N-methyl/N-ethyl adjacent to an activating group) is 1. The monoisotopic (exact) mass is 451 g/mol. The average Bonchev–Trinajstić information content (AvgIpc) is 3.27. The van der Waals surface area contributed by atoms with Gasteiger partial charge < -0.3 is 25.0 Å². The second-order valence-electron chi connectivity index (χ2n) is 7.69. The predicted molar refractivity (Wildman–Crippen MR) is 126 cm³/mol. The molecule has 1 aliphatic rings. The van der Waals surface area contributed by atoms with Crippen LogP contribution in [0.15, 0.2) is 54.6 Å². The van der Waals surface area contributed by atoms with E-state index < -0.39 is 0 Å². The van der Waals surface area contributed by atoms with Gasteiger partial charge in [0.15, 0.2) is 11.5 Å². The maximum atomic E-state index is 12.7. The lowest BCUT2D eigenvalue weighted by atomic mass is 10.1. The van der Waals surface area contributed by atoms with Crippen LogP contribution in [-0.2, 0) is 11.3 Å². The van der Waals surface area contributed by atoms with Gasteiger partial charge in [0, 0.05) is 17.1 Å². The summed E-state index contributed by atoms with van der Waals surface area (Å²) < 4.78 is 11.2. The van der Waals surface area contributed by atoms with E-state index in [1.807, 2.05) is 68.7 Å². The molecule has 1 aromatic heterocycles. The third kappa shape index (κ3) is 5.46. The van der Waals surface area contributed by atoms with E-state index in [2.05, 4.69) is 10.6 Å². The first-order valence-corrected chi connectivity index (χ1v) is 11.1. The van der Waals surface area contributed by atoms with Crippen molar-refractivity contribution in [2.75, 3.05) is 39.2 Å². The molecule has 0 spiro atoms. The van der Waals surface area contributed by atoms with E-state index in [0.29, 0.717) is 36.9 Å². The Kier molecular flexibility index (Phi) is 6.72. The van der Waals surface area contributed by atoms with Crippen LogP contribution in [0.5, 0.6) is 11.5 Å². The highest BCUT2D eigenvalue weighted by atomic mass is 32.1. The number of thiophene rings is 1. The summed E-state index contributed by atoms with van der Waals surface area (Å²) in [6, 6.07) is 17.0. The van der Waals surface area contributed by atoms with E-state index in [9.17, 15) is 9.59 Å². The molecule has 0 saturated heterocycles. The normalized spacial score (nSPS) is 12.5. The first-order valence-electron chi connectivity index (χ1n) is 10.3. The van der Waals surface area contributed by atoms with Crippen molar-refractivity contribution in [1.29, 1.82) is 0 Å². The van der Waals surface area contributed by atoms with Gasteiger partial charge in [-0.15, -0.1) is 11.3 Å². The highest BCUT2D eigenvalue weighted by molar-refractivity contribution is 7.17. The Balaban J connectivity index is 1.37. The molecule has 166 valence electrons. The number of hydrogen-bond acceptors (Lipinski definition) is 6. The minimum Gasteiger partial charge on any atom is -0.486 e. The molecule has 32 heavy (non-hydrogen) atoms. The number of fused-ring (bicyclic) bond motifs is 1. The van der Waals surface area contributed by atoms with Crippen LogP contribution < -0.4 is 20.1 Å². The number of amides is 2. The minimum absolute atomic E-state index is 0.0820. The summed E-state index contributed by atoms with van der Waals surface area (Å²) in [5, 5.41) is 5.81. The number of ether oxygens (including phenoxy) is 2. The molecule has 2 amide bonds. The summed E-state index contributed by atoms with van der Waals surface area (Å²) in [5.74, 6) is 1.25. The van der Waals surface area contributed by atoms with Crippen molar-refractivity contribution in [3.05, 3.63) is 65.0 Å². The Bertz CT molecular complexity index is 1130. The first kappa shape index (κ1) is 21.9. The zero-order chi connectivity index (χ0) is 22.5. The van der Waals surface area contributed by atoms with Crippen LogP contribution in [0.25, 0.3) is 10.4 Å². The number of hydrogen-bond donors (Lipinski definition) is 2. The van der Waals surface area contributed by atoms with Gasteiger partial charge in [0.2, 0.25) is 5.91 Å². The lowest BCUT2D eigenvalue weighted by Gasteiger charge is -2.18. The summed E-state index contributed by atoms with van der Waals surface area (Å²) in [7, 11) is 3.69. The Morgan fingerprint density at radius 3 is 2.62 bits per heavy atom. The summed E-state index contributed by atoms with van der Waals surface area (Å²) in [4.78, 5) is 28.0. The van der Waals surface area contributed by atoms with Crippen molar-refractivity contribution in [2.24, 2.45) is 0 Å². The zero-order valence-corrected chi connectivity index (χ0v) is 18.8. The largest absolute Gasteiger partial charge is 0.486 e. The van der Waals surface area contributed by atoms with Crippen LogP contribution in [0.3, 0.4) is 0 Å². The molecule has 2 aromatic carbocycles. The van der Waals surface area contributed by atoms with Crippen LogP contribution in [-0.4, -0.2) is 50.6 Å². The van der Waals surface area contributed by atoms with E-state index >= 15 is 0 Å². The molecular formula is C24H25N3O4S. The van der Waals surface area contributed by atoms with Crippen LogP contribution in [0.1, 0.15) is 15.2 Å². The first-order chi connectivity index (χ1) is 15.5. The summed E-state index contributed by atoms with van der Waals surface area (Å²) in [6.45, 7) is 1.77. The van der Waals surface area contributed by atoms with Gasteiger partial charge in [-0.2, -0.15) is 0 Å². The highest BCUT2D eigenvalue weighted by Gasteiger charge is 2.15. The number of anilines is 1. The summed E-state index contributed by atoms with van der Waals surface area (Å²) >= 11 is 1.43. The molecular weight excluding hydrogens is 426 g/mol. The number of rotatable bonds is 7. The molecule has 0 radical (unpaired) electrons. The molecule has 3 aromatic rings. The lowest BCUT2D eigenvalue weighted by molar-refractivity contribution is -0.116. The molecule has 4 rings (SSSR count). The van der Waals surface area contributed by atoms with Gasteiger partial charge >= 0.3 is 0 Å². The van der Waals surface area contributed by atoms with Crippen molar-refractivity contribution in [3.8, 4) is 21.9 Å².